The van der Waals surface area contributed by atoms with Crippen molar-refractivity contribution in [3.63, 3.8) is 0 Å². The number of anilines is 1. The molecule has 6 nitrogen and oxygen atoms in total. The lowest BCUT2D eigenvalue weighted by molar-refractivity contribution is 0.252. The average molecular weight is 196 g/mol. The average Bonchev–Trinajstić information content (AvgIpc) is 2.18. The number of hydrogen-bond donors (Lipinski definition) is 3. The van der Waals surface area contributed by atoms with E-state index in [9.17, 15) is 9.59 Å². The minimum atomic E-state index is -0.327. The molecule has 0 bridgehead atoms. The topological polar surface area (TPSA) is 86.9 Å². The first-order valence-corrected chi connectivity index (χ1v) is 4.33. The van der Waals surface area contributed by atoms with Crippen LogP contribution in [0.15, 0.2) is 16.9 Å². The van der Waals surface area contributed by atoms with Gasteiger partial charge in [-0.05, 0) is 12.5 Å². The van der Waals surface area contributed by atoms with Crippen molar-refractivity contribution in [3.05, 3.63) is 22.5 Å². The molecule has 0 saturated carbocycles. The summed E-state index contributed by atoms with van der Waals surface area (Å²) >= 11 is 0. The molecular formula is C8H12N4O2. The normalized spacial score (nSPS) is 9.50. The summed E-state index contributed by atoms with van der Waals surface area (Å²) in [6, 6.07) is 2.40. The fourth-order valence-corrected chi connectivity index (χ4v) is 0.813. The molecule has 6 heteroatoms. The molecule has 2 amide bonds. The van der Waals surface area contributed by atoms with Crippen molar-refractivity contribution in [1.29, 1.82) is 0 Å². The van der Waals surface area contributed by atoms with Crippen LogP contribution in [0.5, 0.6) is 0 Å². The minimum Gasteiger partial charge on any atom is -0.338 e. The molecule has 3 N–H and O–H groups in total. The number of rotatable bonds is 3. The number of urea groups is 1. The van der Waals surface area contributed by atoms with Gasteiger partial charge in [0.15, 0.2) is 5.82 Å². The van der Waals surface area contributed by atoms with Gasteiger partial charge < -0.3 is 5.32 Å². The number of carbonyl (C=O) groups excluding carboxylic acids is 1. The van der Waals surface area contributed by atoms with Crippen LogP contribution < -0.4 is 16.2 Å². The second kappa shape index (κ2) is 5.00. The Morgan fingerprint density at radius 1 is 1.57 bits per heavy atom. The van der Waals surface area contributed by atoms with Gasteiger partial charge in [0.05, 0.1) is 0 Å². The summed E-state index contributed by atoms with van der Waals surface area (Å²) in [5.74, 6) is 0.318. The van der Waals surface area contributed by atoms with Crippen molar-refractivity contribution >= 4 is 11.8 Å². The van der Waals surface area contributed by atoms with Crippen LogP contribution in [0.2, 0.25) is 0 Å². The van der Waals surface area contributed by atoms with Crippen molar-refractivity contribution in [3.8, 4) is 0 Å². The molecule has 0 fully saturated rings. The molecule has 0 aromatic carbocycles. The summed E-state index contributed by atoms with van der Waals surface area (Å²) in [6.07, 6.45) is 0.868. The van der Waals surface area contributed by atoms with Crippen molar-refractivity contribution in [1.82, 2.24) is 15.5 Å². The molecule has 0 aliphatic rings. The number of aromatic amines is 1. The Morgan fingerprint density at radius 2 is 2.36 bits per heavy atom. The molecule has 1 aromatic rings. The molecule has 1 heterocycles. The summed E-state index contributed by atoms with van der Waals surface area (Å²) in [7, 11) is 0. The highest BCUT2D eigenvalue weighted by Crippen LogP contribution is 1.94. The van der Waals surface area contributed by atoms with Gasteiger partial charge in [-0.25, -0.2) is 9.89 Å². The molecule has 0 saturated heterocycles. The van der Waals surface area contributed by atoms with E-state index >= 15 is 0 Å². The third-order valence-electron chi connectivity index (χ3n) is 1.46. The third-order valence-corrected chi connectivity index (χ3v) is 1.46. The highest BCUT2D eigenvalue weighted by atomic mass is 16.2. The Bertz CT molecular complexity index is 340. The van der Waals surface area contributed by atoms with Crippen LogP contribution in [0.3, 0.4) is 0 Å². The van der Waals surface area contributed by atoms with Gasteiger partial charge in [0, 0.05) is 12.6 Å². The molecule has 14 heavy (non-hydrogen) atoms. The summed E-state index contributed by atoms with van der Waals surface area (Å²) in [4.78, 5) is 21.7. The Balaban J connectivity index is 2.48. The van der Waals surface area contributed by atoms with Crippen LogP contribution in [0.4, 0.5) is 10.6 Å². The minimum absolute atomic E-state index is 0.301. The molecule has 1 aromatic heterocycles. The Morgan fingerprint density at radius 3 is 2.93 bits per heavy atom. The molecule has 1 rings (SSSR count). The number of hydrogen-bond acceptors (Lipinski definition) is 3. The molecule has 0 aliphatic carbocycles. The Hall–Kier alpha value is -1.85. The number of H-pyrrole nitrogens is 1. The second-order valence-corrected chi connectivity index (χ2v) is 2.69. The van der Waals surface area contributed by atoms with Gasteiger partial charge in [0.2, 0.25) is 0 Å². The smallest absolute Gasteiger partial charge is 0.320 e. The quantitative estimate of drug-likeness (QED) is 0.649. The van der Waals surface area contributed by atoms with Gasteiger partial charge in [-0.15, -0.1) is 0 Å². The lowest BCUT2D eigenvalue weighted by Crippen LogP contribution is -2.29. The maximum absolute atomic E-state index is 11.1. The first kappa shape index (κ1) is 10.2. The van der Waals surface area contributed by atoms with Crippen LogP contribution in [0, 0.1) is 0 Å². The van der Waals surface area contributed by atoms with E-state index in [0.717, 1.165) is 6.42 Å². The zero-order chi connectivity index (χ0) is 10.4. The summed E-state index contributed by atoms with van der Waals surface area (Å²) in [5.41, 5.74) is -0.301. The molecule has 0 unspecified atom stereocenters. The summed E-state index contributed by atoms with van der Waals surface area (Å²) in [6.45, 7) is 2.56. The van der Waals surface area contributed by atoms with Crippen LogP contribution in [-0.2, 0) is 0 Å². The van der Waals surface area contributed by atoms with Crippen LogP contribution in [0.25, 0.3) is 0 Å². The van der Waals surface area contributed by atoms with E-state index in [1.54, 1.807) is 0 Å². The van der Waals surface area contributed by atoms with Gasteiger partial charge in [-0.2, -0.15) is 5.10 Å². The third kappa shape index (κ3) is 3.26. The lowest BCUT2D eigenvalue weighted by Gasteiger charge is -2.04. The van der Waals surface area contributed by atoms with E-state index in [2.05, 4.69) is 20.8 Å². The SMILES string of the molecule is CCCNC(=O)Nc1ccc(=O)[nH]n1. The predicted octanol–water partition coefficient (Wildman–Crippen LogP) is 0.301. The van der Waals surface area contributed by atoms with Crippen LogP contribution >= 0.6 is 0 Å². The lowest BCUT2D eigenvalue weighted by atomic mass is 10.5. The largest absolute Gasteiger partial charge is 0.338 e. The fourth-order valence-electron chi connectivity index (χ4n) is 0.813. The standard InChI is InChI=1S/C8H12N4O2/c1-2-5-9-8(14)10-6-3-4-7(13)12-11-6/h3-4H,2,5H2,1H3,(H,12,13)(H2,9,10,11,14). The van der Waals surface area contributed by atoms with Gasteiger partial charge in [0.1, 0.15) is 0 Å². The number of carbonyl (C=O) groups is 1. The molecular weight excluding hydrogens is 184 g/mol. The molecule has 0 atom stereocenters. The first-order valence-electron chi connectivity index (χ1n) is 4.33. The van der Waals surface area contributed by atoms with Gasteiger partial charge >= 0.3 is 6.03 Å². The predicted molar refractivity (Wildman–Crippen MR) is 52.2 cm³/mol. The van der Waals surface area contributed by atoms with Gasteiger partial charge in [-0.3, -0.25) is 10.1 Å². The van der Waals surface area contributed by atoms with Gasteiger partial charge in [-0.1, -0.05) is 6.92 Å². The van der Waals surface area contributed by atoms with E-state index < -0.39 is 0 Å². The Labute approximate surface area is 80.7 Å². The number of aromatic nitrogens is 2. The summed E-state index contributed by atoms with van der Waals surface area (Å²) < 4.78 is 0. The first-order chi connectivity index (χ1) is 6.72. The zero-order valence-electron chi connectivity index (χ0n) is 7.83. The molecule has 0 radical (unpaired) electrons. The van der Waals surface area contributed by atoms with Gasteiger partial charge in [0.25, 0.3) is 5.56 Å². The number of nitrogens with one attached hydrogen (secondary N) is 3. The number of amides is 2. The maximum atomic E-state index is 11.1. The fraction of sp³-hybridized carbons (Fsp3) is 0.375. The maximum Gasteiger partial charge on any atom is 0.320 e. The monoisotopic (exact) mass is 196 g/mol. The van der Waals surface area contributed by atoms with Crippen LogP contribution in [-0.4, -0.2) is 22.8 Å². The summed E-state index contributed by atoms with van der Waals surface area (Å²) in [5, 5.41) is 10.9. The van der Waals surface area contributed by atoms with E-state index in [4.69, 9.17) is 0 Å². The second-order valence-electron chi connectivity index (χ2n) is 2.69. The van der Waals surface area contributed by atoms with Crippen molar-refractivity contribution in [2.24, 2.45) is 0 Å². The highest BCUT2D eigenvalue weighted by Gasteiger charge is 2.00. The highest BCUT2D eigenvalue weighted by molar-refractivity contribution is 5.87. The molecule has 0 aliphatic heterocycles. The zero-order valence-corrected chi connectivity index (χ0v) is 7.83. The Kier molecular flexibility index (Phi) is 3.66. The van der Waals surface area contributed by atoms with E-state index in [1.165, 1.54) is 12.1 Å². The molecule has 76 valence electrons. The van der Waals surface area contributed by atoms with E-state index in [0.29, 0.717) is 12.4 Å². The number of nitrogens with zero attached hydrogens (tertiary/aromatic N) is 1. The molecule has 0 spiro atoms. The van der Waals surface area contributed by atoms with Crippen LogP contribution in [0.1, 0.15) is 13.3 Å². The van der Waals surface area contributed by atoms with E-state index in [1.807, 2.05) is 6.92 Å². The van der Waals surface area contributed by atoms with Crippen molar-refractivity contribution < 1.29 is 4.79 Å². The van der Waals surface area contributed by atoms with Crippen molar-refractivity contribution in [2.75, 3.05) is 11.9 Å². The van der Waals surface area contributed by atoms with Crippen molar-refractivity contribution in [2.45, 2.75) is 13.3 Å². The van der Waals surface area contributed by atoms with E-state index in [-0.39, 0.29) is 11.6 Å².